The number of pyridine rings is 1. The molecule has 1 saturated heterocycles. The van der Waals surface area contributed by atoms with Gasteiger partial charge in [0.05, 0.1) is 0 Å². The first-order chi connectivity index (χ1) is 10.9. The third-order valence-electron chi connectivity index (χ3n) is 3.93. The monoisotopic (exact) mass is 313 g/mol. The van der Waals surface area contributed by atoms with E-state index in [4.69, 9.17) is 4.74 Å². The number of aromatic nitrogens is 1. The Kier molecular flexibility index (Phi) is 4.11. The van der Waals surface area contributed by atoms with Crippen molar-refractivity contribution in [3.8, 4) is 0 Å². The zero-order chi connectivity index (χ0) is 16.4. The van der Waals surface area contributed by atoms with Gasteiger partial charge in [0, 0.05) is 49.6 Å². The fraction of sp³-hybridized carbons (Fsp3) is 0.444. The zero-order valence-electron chi connectivity index (χ0n) is 14.0. The molecule has 122 valence electrons. The maximum atomic E-state index is 12.1. The van der Waals surface area contributed by atoms with Gasteiger partial charge in [-0.05, 0) is 38.3 Å². The molecule has 1 aromatic carbocycles. The summed E-state index contributed by atoms with van der Waals surface area (Å²) in [5.41, 5.74) is 0.731. The number of carbonyl (C=O) groups is 1. The van der Waals surface area contributed by atoms with Crippen LogP contribution >= 0.6 is 0 Å². The molecule has 1 amide bonds. The highest BCUT2D eigenvalue weighted by Crippen LogP contribution is 2.27. The average molecular weight is 313 g/mol. The molecule has 3 rings (SSSR count). The molecule has 5 nitrogen and oxygen atoms in total. The molecule has 1 aliphatic heterocycles. The second-order valence-corrected chi connectivity index (χ2v) is 6.83. The largest absolute Gasteiger partial charge is 0.444 e. The maximum Gasteiger partial charge on any atom is 0.410 e. The normalized spacial score (nSPS) is 15.8. The highest BCUT2D eigenvalue weighted by Gasteiger charge is 2.26. The summed E-state index contributed by atoms with van der Waals surface area (Å²) >= 11 is 0. The molecule has 1 aromatic heterocycles. The third-order valence-corrected chi connectivity index (χ3v) is 3.93. The molecular weight excluding hydrogens is 290 g/mol. The highest BCUT2D eigenvalue weighted by molar-refractivity contribution is 5.93. The molecule has 0 unspecified atom stereocenters. The van der Waals surface area contributed by atoms with Gasteiger partial charge in [0.1, 0.15) is 5.60 Å². The first-order valence-corrected chi connectivity index (χ1v) is 8.00. The minimum atomic E-state index is -0.449. The Morgan fingerprint density at radius 1 is 1.13 bits per heavy atom. The van der Waals surface area contributed by atoms with Gasteiger partial charge in [-0.1, -0.05) is 12.1 Å². The summed E-state index contributed by atoms with van der Waals surface area (Å²) in [6.45, 7) is 8.62. The SMILES string of the molecule is CC(C)(C)OC(=O)N1CCN(c2cccc3ccncc23)CC1. The first-order valence-electron chi connectivity index (χ1n) is 8.00. The van der Waals surface area contributed by atoms with Gasteiger partial charge in [0.15, 0.2) is 0 Å². The van der Waals surface area contributed by atoms with Crippen LogP contribution in [0.1, 0.15) is 20.8 Å². The molecule has 0 atom stereocenters. The predicted octanol–water partition coefficient (Wildman–Crippen LogP) is 3.29. The van der Waals surface area contributed by atoms with Crippen molar-refractivity contribution in [2.45, 2.75) is 26.4 Å². The van der Waals surface area contributed by atoms with E-state index in [-0.39, 0.29) is 6.09 Å². The highest BCUT2D eigenvalue weighted by atomic mass is 16.6. The van der Waals surface area contributed by atoms with Crippen LogP contribution < -0.4 is 4.90 Å². The number of hydrogen-bond donors (Lipinski definition) is 0. The molecule has 5 heteroatoms. The number of hydrogen-bond acceptors (Lipinski definition) is 4. The Bertz CT molecular complexity index is 695. The molecule has 1 fully saturated rings. The minimum Gasteiger partial charge on any atom is -0.444 e. The van der Waals surface area contributed by atoms with Crippen molar-refractivity contribution < 1.29 is 9.53 Å². The summed E-state index contributed by atoms with van der Waals surface area (Å²) in [5, 5.41) is 2.34. The first kappa shape index (κ1) is 15.6. The number of amides is 1. The van der Waals surface area contributed by atoms with E-state index in [2.05, 4.69) is 28.1 Å². The van der Waals surface area contributed by atoms with Gasteiger partial charge in [0.2, 0.25) is 0 Å². The third kappa shape index (κ3) is 3.55. The molecule has 0 aliphatic carbocycles. The van der Waals surface area contributed by atoms with E-state index >= 15 is 0 Å². The minimum absolute atomic E-state index is 0.225. The zero-order valence-corrected chi connectivity index (χ0v) is 14.0. The van der Waals surface area contributed by atoms with Crippen molar-refractivity contribution in [1.82, 2.24) is 9.88 Å². The molecule has 0 bridgehead atoms. The standard InChI is InChI=1S/C18H23N3O2/c1-18(2,3)23-17(22)21-11-9-20(10-12-21)16-6-4-5-14-7-8-19-13-15(14)16/h4-8,13H,9-12H2,1-3H3. The maximum absolute atomic E-state index is 12.1. The van der Waals surface area contributed by atoms with Crippen LogP contribution in [0.3, 0.4) is 0 Å². The molecule has 0 spiro atoms. The lowest BCUT2D eigenvalue weighted by molar-refractivity contribution is 0.0241. The van der Waals surface area contributed by atoms with Crippen LogP contribution in [0.5, 0.6) is 0 Å². The quantitative estimate of drug-likeness (QED) is 0.810. The van der Waals surface area contributed by atoms with Gasteiger partial charge >= 0.3 is 6.09 Å². The topological polar surface area (TPSA) is 45.7 Å². The van der Waals surface area contributed by atoms with Gasteiger partial charge < -0.3 is 14.5 Å². The number of ether oxygens (including phenoxy) is 1. The van der Waals surface area contributed by atoms with Crippen LogP contribution in [-0.2, 0) is 4.74 Å². The molecule has 23 heavy (non-hydrogen) atoms. The predicted molar refractivity (Wildman–Crippen MR) is 91.8 cm³/mol. The number of piperazine rings is 1. The molecule has 2 heterocycles. The Balaban J connectivity index is 1.70. The second-order valence-electron chi connectivity index (χ2n) is 6.83. The Morgan fingerprint density at radius 2 is 1.87 bits per heavy atom. The number of anilines is 1. The number of fused-ring (bicyclic) bond motifs is 1. The van der Waals surface area contributed by atoms with Crippen LogP contribution in [0.2, 0.25) is 0 Å². The summed E-state index contributed by atoms with van der Waals surface area (Å²) in [4.78, 5) is 20.5. The van der Waals surface area contributed by atoms with Crippen LogP contribution in [0.4, 0.5) is 10.5 Å². The molecular formula is C18H23N3O2. The van der Waals surface area contributed by atoms with E-state index in [1.54, 1.807) is 4.90 Å². The summed E-state index contributed by atoms with van der Waals surface area (Å²) in [6, 6.07) is 8.30. The summed E-state index contributed by atoms with van der Waals surface area (Å²) < 4.78 is 5.45. The van der Waals surface area contributed by atoms with Gasteiger partial charge in [-0.25, -0.2) is 4.79 Å². The smallest absolute Gasteiger partial charge is 0.410 e. The van der Waals surface area contributed by atoms with Crippen molar-refractivity contribution >= 4 is 22.6 Å². The lowest BCUT2D eigenvalue weighted by atomic mass is 10.1. The van der Waals surface area contributed by atoms with E-state index in [1.165, 1.54) is 11.1 Å². The Morgan fingerprint density at radius 3 is 2.57 bits per heavy atom. The summed E-state index contributed by atoms with van der Waals surface area (Å²) in [6.07, 6.45) is 3.49. The van der Waals surface area contributed by atoms with E-state index in [0.717, 1.165) is 18.5 Å². The summed E-state index contributed by atoms with van der Waals surface area (Å²) in [5.74, 6) is 0. The average Bonchev–Trinajstić information content (AvgIpc) is 2.53. The lowest BCUT2D eigenvalue weighted by Gasteiger charge is -2.37. The number of carbonyl (C=O) groups excluding carboxylic acids is 1. The van der Waals surface area contributed by atoms with Crippen LogP contribution in [0.25, 0.3) is 10.8 Å². The Labute approximate surface area is 136 Å². The fourth-order valence-electron chi connectivity index (χ4n) is 2.83. The van der Waals surface area contributed by atoms with Gasteiger partial charge in [-0.3, -0.25) is 4.98 Å². The van der Waals surface area contributed by atoms with Crippen molar-refractivity contribution in [3.63, 3.8) is 0 Å². The van der Waals surface area contributed by atoms with E-state index in [1.807, 2.05) is 39.2 Å². The number of benzene rings is 1. The summed E-state index contributed by atoms with van der Waals surface area (Å²) in [7, 11) is 0. The Hall–Kier alpha value is -2.30. The van der Waals surface area contributed by atoms with Crippen molar-refractivity contribution in [1.29, 1.82) is 0 Å². The van der Waals surface area contributed by atoms with Gasteiger partial charge in [0.25, 0.3) is 0 Å². The second kappa shape index (κ2) is 6.07. The molecule has 0 N–H and O–H groups in total. The van der Waals surface area contributed by atoms with Crippen molar-refractivity contribution in [3.05, 3.63) is 36.7 Å². The van der Waals surface area contributed by atoms with Crippen molar-refractivity contribution in [2.24, 2.45) is 0 Å². The van der Waals surface area contributed by atoms with Crippen LogP contribution in [0, 0.1) is 0 Å². The molecule has 2 aromatic rings. The number of nitrogens with zero attached hydrogens (tertiary/aromatic N) is 3. The fourth-order valence-corrected chi connectivity index (χ4v) is 2.83. The van der Waals surface area contributed by atoms with E-state index < -0.39 is 5.60 Å². The van der Waals surface area contributed by atoms with Gasteiger partial charge in [-0.15, -0.1) is 0 Å². The molecule has 0 radical (unpaired) electrons. The number of rotatable bonds is 1. The van der Waals surface area contributed by atoms with E-state index in [9.17, 15) is 4.79 Å². The van der Waals surface area contributed by atoms with Crippen LogP contribution in [0.15, 0.2) is 36.7 Å². The van der Waals surface area contributed by atoms with Gasteiger partial charge in [-0.2, -0.15) is 0 Å². The van der Waals surface area contributed by atoms with Crippen LogP contribution in [-0.4, -0.2) is 47.8 Å². The van der Waals surface area contributed by atoms with E-state index in [0.29, 0.717) is 13.1 Å². The van der Waals surface area contributed by atoms with Crippen molar-refractivity contribution in [2.75, 3.05) is 31.1 Å². The molecule has 0 saturated carbocycles. The molecule has 1 aliphatic rings. The lowest BCUT2D eigenvalue weighted by Crippen LogP contribution is -2.50.